The third kappa shape index (κ3) is 4.62. The normalized spacial score (nSPS) is 34.8. The Labute approximate surface area is 106 Å². The summed E-state index contributed by atoms with van der Waals surface area (Å²) in [6, 6.07) is 0.261. The van der Waals surface area contributed by atoms with Gasteiger partial charge in [-0.3, -0.25) is 9.59 Å². The zero-order chi connectivity index (χ0) is 13.7. The Balaban J connectivity index is 0.000000180. The van der Waals surface area contributed by atoms with E-state index in [1.54, 1.807) is 0 Å². The van der Waals surface area contributed by atoms with Crippen LogP contribution < -0.4 is 11.5 Å². The van der Waals surface area contributed by atoms with E-state index in [4.69, 9.17) is 21.7 Å². The molecule has 0 radical (unpaired) electrons. The molecule has 4 atom stereocenters. The summed E-state index contributed by atoms with van der Waals surface area (Å²) < 4.78 is 0. The minimum Gasteiger partial charge on any atom is -0.481 e. The maximum absolute atomic E-state index is 10.3. The van der Waals surface area contributed by atoms with Crippen LogP contribution in [-0.4, -0.2) is 34.2 Å². The van der Waals surface area contributed by atoms with Crippen molar-refractivity contribution in [1.29, 1.82) is 0 Å². The SMILES string of the molecule is N[C@@H]1CC[C@H](C(=O)O)C1.N[C@H]1CC[C@@H](C(=O)O)C1. The molecule has 0 spiro atoms. The first-order valence-electron chi connectivity index (χ1n) is 6.37. The average Bonchev–Trinajstić information content (AvgIpc) is 2.88. The van der Waals surface area contributed by atoms with E-state index in [-0.39, 0.29) is 23.9 Å². The largest absolute Gasteiger partial charge is 0.481 e. The molecule has 0 aromatic carbocycles. The number of rotatable bonds is 2. The van der Waals surface area contributed by atoms with Crippen LogP contribution in [0.25, 0.3) is 0 Å². The molecule has 2 aliphatic rings. The van der Waals surface area contributed by atoms with Crippen LogP contribution in [0.4, 0.5) is 0 Å². The lowest BCUT2D eigenvalue weighted by Crippen LogP contribution is -2.17. The van der Waals surface area contributed by atoms with Gasteiger partial charge in [-0.2, -0.15) is 0 Å². The maximum atomic E-state index is 10.3. The van der Waals surface area contributed by atoms with Crippen LogP contribution in [0.5, 0.6) is 0 Å². The third-order valence-corrected chi connectivity index (χ3v) is 3.64. The van der Waals surface area contributed by atoms with Gasteiger partial charge in [0, 0.05) is 12.1 Å². The van der Waals surface area contributed by atoms with E-state index in [1.165, 1.54) is 0 Å². The quantitative estimate of drug-likeness (QED) is 0.567. The van der Waals surface area contributed by atoms with Crippen molar-refractivity contribution in [2.45, 2.75) is 50.6 Å². The summed E-state index contributed by atoms with van der Waals surface area (Å²) in [5, 5.41) is 17.0. The monoisotopic (exact) mass is 258 g/mol. The summed E-state index contributed by atoms with van der Waals surface area (Å²) in [7, 11) is 0. The minimum atomic E-state index is -0.692. The smallest absolute Gasteiger partial charge is 0.306 e. The second-order valence-corrected chi connectivity index (χ2v) is 5.22. The van der Waals surface area contributed by atoms with Crippen molar-refractivity contribution >= 4 is 11.9 Å². The zero-order valence-corrected chi connectivity index (χ0v) is 10.4. The van der Waals surface area contributed by atoms with Crippen molar-refractivity contribution in [2.75, 3.05) is 0 Å². The Morgan fingerprint density at radius 1 is 0.778 bits per heavy atom. The number of carboxylic acids is 2. The first kappa shape index (κ1) is 14.9. The molecular weight excluding hydrogens is 236 g/mol. The Kier molecular flexibility index (Phi) is 5.55. The molecule has 0 heterocycles. The first-order valence-corrected chi connectivity index (χ1v) is 6.37. The fraction of sp³-hybridized carbons (Fsp3) is 0.833. The second kappa shape index (κ2) is 6.70. The predicted octanol–water partition coefficient (Wildman–Crippen LogP) is 0.397. The Bertz CT molecular complexity index is 278. The van der Waals surface area contributed by atoms with Crippen LogP contribution in [0.1, 0.15) is 38.5 Å². The Morgan fingerprint density at radius 3 is 1.22 bits per heavy atom. The van der Waals surface area contributed by atoms with E-state index in [2.05, 4.69) is 0 Å². The van der Waals surface area contributed by atoms with Crippen molar-refractivity contribution in [1.82, 2.24) is 0 Å². The van der Waals surface area contributed by atoms with Crippen LogP contribution in [0.3, 0.4) is 0 Å². The highest BCUT2D eigenvalue weighted by atomic mass is 16.4. The summed E-state index contributed by atoms with van der Waals surface area (Å²) in [5.74, 6) is -1.72. The second-order valence-electron chi connectivity index (χ2n) is 5.22. The first-order chi connectivity index (χ1) is 8.40. The Hall–Kier alpha value is -1.14. The molecule has 104 valence electrons. The van der Waals surface area contributed by atoms with Crippen molar-refractivity contribution in [3.8, 4) is 0 Å². The number of aliphatic carboxylic acids is 2. The zero-order valence-electron chi connectivity index (χ0n) is 10.4. The highest BCUT2D eigenvalue weighted by Crippen LogP contribution is 2.24. The lowest BCUT2D eigenvalue weighted by molar-refractivity contribution is -0.142. The van der Waals surface area contributed by atoms with E-state index in [9.17, 15) is 9.59 Å². The molecule has 6 heteroatoms. The molecule has 2 rings (SSSR count). The van der Waals surface area contributed by atoms with Crippen LogP contribution in [-0.2, 0) is 9.59 Å². The van der Waals surface area contributed by atoms with Gasteiger partial charge >= 0.3 is 11.9 Å². The van der Waals surface area contributed by atoms with Crippen molar-refractivity contribution < 1.29 is 19.8 Å². The van der Waals surface area contributed by atoms with Gasteiger partial charge in [0.15, 0.2) is 0 Å². The Morgan fingerprint density at radius 2 is 1.11 bits per heavy atom. The number of carboxylic acid groups (broad SMARTS) is 2. The maximum Gasteiger partial charge on any atom is 0.306 e. The molecule has 18 heavy (non-hydrogen) atoms. The molecule has 0 amide bonds. The van der Waals surface area contributed by atoms with Gasteiger partial charge in [0.05, 0.1) is 11.8 Å². The molecule has 0 unspecified atom stereocenters. The number of hydrogen-bond donors (Lipinski definition) is 4. The topological polar surface area (TPSA) is 127 Å². The average molecular weight is 258 g/mol. The summed E-state index contributed by atoms with van der Waals surface area (Å²) in [6.45, 7) is 0. The van der Waals surface area contributed by atoms with Crippen LogP contribution >= 0.6 is 0 Å². The molecular formula is C12H22N2O4. The molecule has 6 nitrogen and oxygen atoms in total. The number of hydrogen-bond acceptors (Lipinski definition) is 4. The van der Waals surface area contributed by atoms with Gasteiger partial charge in [-0.25, -0.2) is 0 Å². The molecule has 0 aliphatic heterocycles. The molecule has 0 aromatic heterocycles. The van der Waals surface area contributed by atoms with Crippen molar-refractivity contribution in [3.05, 3.63) is 0 Å². The number of nitrogens with two attached hydrogens (primary N) is 2. The van der Waals surface area contributed by atoms with Crippen LogP contribution in [0, 0.1) is 11.8 Å². The van der Waals surface area contributed by atoms with Gasteiger partial charge in [0.1, 0.15) is 0 Å². The molecule has 0 bridgehead atoms. The number of carbonyl (C=O) groups is 2. The van der Waals surface area contributed by atoms with E-state index < -0.39 is 11.9 Å². The van der Waals surface area contributed by atoms with Crippen LogP contribution in [0.2, 0.25) is 0 Å². The standard InChI is InChI=1S/2C6H11NO2/c2*7-5-2-1-4(3-5)6(8)9/h2*4-5H,1-3,7H2,(H,8,9)/t2*4-,5+/m10/s1. The van der Waals surface area contributed by atoms with E-state index >= 15 is 0 Å². The molecule has 0 saturated heterocycles. The van der Waals surface area contributed by atoms with Gasteiger partial charge < -0.3 is 21.7 Å². The summed E-state index contributed by atoms with van der Waals surface area (Å²) >= 11 is 0. The van der Waals surface area contributed by atoms with Gasteiger partial charge in [-0.05, 0) is 38.5 Å². The van der Waals surface area contributed by atoms with E-state index in [1.807, 2.05) is 0 Å². The highest BCUT2D eigenvalue weighted by Gasteiger charge is 2.27. The van der Waals surface area contributed by atoms with E-state index in [0.717, 1.165) is 25.7 Å². The fourth-order valence-electron chi connectivity index (χ4n) is 2.48. The van der Waals surface area contributed by atoms with Gasteiger partial charge in [-0.15, -0.1) is 0 Å². The molecule has 0 aromatic rings. The molecule has 6 N–H and O–H groups in total. The third-order valence-electron chi connectivity index (χ3n) is 3.64. The van der Waals surface area contributed by atoms with Crippen LogP contribution in [0.15, 0.2) is 0 Å². The molecule has 2 aliphatic carbocycles. The van der Waals surface area contributed by atoms with Gasteiger partial charge in [0.25, 0.3) is 0 Å². The van der Waals surface area contributed by atoms with Crippen molar-refractivity contribution in [3.63, 3.8) is 0 Å². The van der Waals surface area contributed by atoms with Gasteiger partial charge in [-0.1, -0.05) is 0 Å². The van der Waals surface area contributed by atoms with E-state index in [0.29, 0.717) is 12.8 Å². The molecule has 2 saturated carbocycles. The lowest BCUT2D eigenvalue weighted by atomic mass is 10.1. The summed E-state index contributed by atoms with van der Waals surface area (Å²) in [6.07, 6.45) is 4.59. The summed E-state index contributed by atoms with van der Waals surface area (Å²) in [5.41, 5.74) is 11.0. The van der Waals surface area contributed by atoms with Crippen molar-refractivity contribution in [2.24, 2.45) is 23.3 Å². The summed E-state index contributed by atoms with van der Waals surface area (Å²) in [4.78, 5) is 20.6. The molecule has 2 fully saturated rings. The predicted molar refractivity (Wildman–Crippen MR) is 65.9 cm³/mol. The minimum absolute atomic E-state index is 0.131. The highest BCUT2D eigenvalue weighted by molar-refractivity contribution is 5.70. The lowest BCUT2D eigenvalue weighted by Gasteiger charge is -1.99. The fourth-order valence-corrected chi connectivity index (χ4v) is 2.48. The van der Waals surface area contributed by atoms with Gasteiger partial charge in [0.2, 0.25) is 0 Å².